The van der Waals surface area contributed by atoms with Crippen LogP contribution in [0.3, 0.4) is 0 Å². The second kappa shape index (κ2) is 18.3. The maximum atomic E-state index is 13.2. The number of ether oxygens (including phenoxy) is 3. The number of carbonyl (C=O) groups is 4. The average molecular weight is 837 g/mol. The van der Waals surface area contributed by atoms with Gasteiger partial charge in [-0.2, -0.15) is 4.37 Å². The van der Waals surface area contributed by atoms with E-state index in [1.165, 1.54) is 6.07 Å². The van der Waals surface area contributed by atoms with E-state index in [9.17, 15) is 41.1 Å². The van der Waals surface area contributed by atoms with Crippen LogP contribution in [0.5, 0.6) is 5.88 Å². The third-order valence-electron chi connectivity index (χ3n) is 8.42. The van der Waals surface area contributed by atoms with E-state index in [0.29, 0.717) is 61.6 Å². The molecule has 0 radical (unpaired) electrons. The minimum atomic E-state index is -4.49. The summed E-state index contributed by atoms with van der Waals surface area (Å²) in [5, 5.41) is 24.1. The summed E-state index contributed by atoms with van der Waals surface area (Å²) >= 11 is 1.48. The molecular formula is C31H44N6O13S4. The molecule has 0 aromatic carbocycles. The molecule has 1 saturated heterocycles. The Hall–Kier alpha value is -3.74. The van der Waals surface area contributed by atoms with Gasteiger partial charge in [0.15, 0.2) is 9.84 Å². The first-order chi connectivity index (χ1) is 25.3. The number of hydrogen-bond acceptors (Lipinski definition) is 18. The first-order valence-electron chi connectivity index (χ1n) is 16.9. The second-order valence-corrected chi connectivity index (χ2v) is 19.3. The number of morpholine rings is 1. The summed E-state index contributed by atoms with van der Waals surface area (Å²) in [5.74, 6) is -4.11. The van der Waals surface area contributed by atoms with Gasteiger partial charge in [0.25, 0.3) is 15.9 Å². The zero-order valence-electron chi connectivity index (χ0n) is 30.0. The smallest absolute Gasteiger partial charge is 0.331 e. The van der Waals surface area contributed by atoms with Crippen LogP contribution in [0.4, 0.5) is 5.82 Å². The molecule has 2 aromatic rings. The molecule has 1 amide bonds. The van der Waals surface area contributed by atoms with Gasteiger partial charge >= 0.3 is 17.9 Å². The largest absolute Gasteiger partial charge is 0.478 e. The average Bonchev–Trinajstić information content (AvgIpc) is 3.77. The quantitative estimate of drug-likeness (QED) is 0.0979. The first kappa shape index (κ1) is 43.0. The number of nitrogens with one attached hydrogen (secondary N) is 3. The highest BCUT2D eigenvalue weighted by atomic mass is 32.3. The molecule has 19 nitrogen and oxygen atoms in total. The van der Waals surface area contributed by atoms with Gasteiger partial charge in [0.1, 0.15) is 21.1 Å². The van der Waals surface area contributed by atoms with E-state index >= 15 is 0 Å². The van der Waals surface area contributed by atoms with Crippen molar-refractivity contribution in [3.05, 3.63) is 23.3 Å². The lowest BCUT2D eigenvalue weighted by Gasteiger charge is -2.29. The molecule has 0 unspecified atom stereocenters. The summed E-state index contributed by atoms with van der Waals surface area (Å²) in [7, 11) is -8.26. The van der Waals surface area contributed by atoms with Crippen LogP contribution in [0.2, 0.25) is 0 Å². The van der Waals surface area contributed by atoms with Gasteiger partial charge in [-0.3, -0.25) is 9.59 Å². The van der Waals surface area contributed by atoms with Crippen LogP contribution in [0, 0.1) is 0 Å². The third-order valence-corrected chi connectivity index (χ3v) is 14.7. The van der Waals surface area contributed by atoms with Crippen LogP contribution in [0.1, 0.15) is 65.0 Å². The van der Waals surface area contributed by atoms with Crippen molar-refractivity contribution in [1.29, 1.82) is 0 Å². The molecule has 23 heteroatoms. The van der Waals surface area contributed by atoms with Crippen LogP contribution < -0.4 is 25.0 Å². The van der Waals surface area contributed by atoms with Crippen molar-refractivity contribution in [1.82, 2.24) is 24.1 Å². The molecule has 2 aliphatic heterocycles. The Bertz CT molecular complexity index is 1940. The lowest BCUT2D eigenvalue weighted by atomic mass is 9.94. The first-order valence-corrected chi connectivity index (χ1v) is 21.5. The number of carboxylic acid groups (broad SMARTS) is 2. The fourth-order valence-electron chi connectivity index (χ4n) is 5.69. The molecule has 3 atom stereocenters. The highest BCUT2D eigenvalue weighted by Crippen LogP contribution is 2.42. The minimum Gasteiger partial charge on any atom is -0.478 e. The molecule has 5 N–H and O–H groups in total. The van der Waals surface area contributed by atoms with Crippen molar-refractivity contribution in [2.45, 2.75) is 84.7 Å². The van der Waals surface area contributed by atoms with Crippen LogP contribution >= 0.6 is 23.1 Å². The van der Waals surface area contributed by atoms with Gasteiger partial charge in [-0.05, 0) is 46.2 Å². The number of thiophene rings is 1. The zero-order valence-corrected chi connectivity index (χ0v) is 33.3. The van der Waals surface area contributed by atoms with Crippen LogP contribution in [0.15, 0.2) is 26.1 Å². The van der Waals surface area contributed by atoms with Gasteiger partial charge in [0.05, 0.1) is 36.6 Å². The maximum absolute atomic E-state index is 13.2. The topological polar surface area (TPSA) is 270 Å². The predicted molar refractivity (Wildman–Crippen MR) is 195 cm³/mol. The summed E-state index contributed by atoms with van der Waals surface area (Å²) in [6.45, 7) is 8.86. The molecular weight excluding hydrogens is 793 g/mol. The Kier molecular flexibility index (Phi) is 14.5. The Morgan fingerprint density at radius 2 is 1.87 bits per heavy atom. The summed E-state index contributed by atoms with van der Waals surface area (Å²) < 4.78 is 79.1. The highest BCUT2D eigenvalue weighted by Gasteiger charge is 2.40. The Labute approximate surface area is 320 Å². The van der Waals surface area contributed by atoms with E-state index < -0.39 is 73.4 Å². The van der Waals surface area contributed by atoms with Gasteiger partial charge < -0.3 is 40.0 Å². The number of nitrogens with zero attached hydrogens (tertiary/aromatic N) is 3. The molecule has 4 heterocycles. The van der Waals surface area contributed by atoms with Crippen LogP contribution in [-0.4, -0.2) is 123 Å². The molecule has 0 spiro atoms. The van der Waals surface area contributed by atoms with Crippen LogP contribution in [0.25, 0.3) is 0 Å². The number of sulfone groups is 1. The van der Waals surface area contributed by atoms with Crippen molar-refractivity contribution in [3.8, 4) is 5.88 Å². The van der Waals surface area contributed by atoms with E-state index in [1.54, 1.807) is 20.8 Å². The Balaban J connectivity index is 1.42. The van der Waals surface area contributed by atoms with Crippen molar-refractivity contribution in [2.75, 3.05) is 50.9 Å². The normalized spacial score (nSPS) is 19.4. The van der Waals surface area contributed by atoms with Gasteiger partial charge in [0, 0.05) is 54.8 Å². The molecule has 300 valence electrons. The number of carboxylic acids is 2. The fraction of sp³-hybridized carbons (Fsp3) is 0.613. The zero-order chi connectivity index (χ0) is 39.8. The number of sulfonamides is 1. The predicted octanol–water partition coefficient (Wildman–Crippen LogP) is 1.08. The SMILES string of the molecule is CCN[C@H]1C[C@H](C)S(=O)(=O)c2sc(S(=O)(=O)NC(=O)CCC(=O)O[C@@H](CNC(C)(C)C/C(=C/C(=O)O)C(=O)O)COc3nsnc3N3CCOCC3)cc21. The van der Waals surface area contributed by atoms with E-state index in [0.717, 1.165) is 11.7 Å². The molecule has 0 aliphatic carbocycles. The van der Waals surface area contributed by atoms with Gasteiger partial charge in [-0.15, -0.1) is 15.7 Å². The van der Waals surface area contributed by atoms with Crippen molar-refractivity contribution in [3.63, 3.8) is 0 Å². The molecule has 1 fully saturated rings. The monoisotopic (exact) mass is 836 g/mol. The minimum absolute atomic E-state index is 0.0729. The second-order valence-electron chi connectivity index (χ2n) is 13.2. The summed E-state index contributed by atoms with van der Waals surface area (Å²) in [6.07, 6.45) is -1.55. The van der Waals surface area contributed by atoms with E-state index in [4.69, 9.17) is 19.3 Å². The number of anilines is 1. The number of rotatable bonds is 19. The Morgan fingerprint density at radius 3 is 2.52 bits per heavy atom. The molecule has 2 aliphatic rings. The molecule has 2 aromatic heterocycles. The number of hydrogen-bond donors (Lipinski definition) is 5. The third kappa shape index (κ3) is 11.4. The van der Waals surface area contributed by atoms with Gasteiger partial charge in [-0.1, -0.05) is 6.92 Å². The number of carbonyl (C=O) groups excluding carboxylic acids is 2. The van der Waals surface area contributed by atoms with Crippen molar-refractivity contribution < 1.29 is 60.4 Å². The summed E-state index contributed by atoms with van der Waals surface area (Å²) in [6, 6.07) is 0.864. The molecule has 0 bridgehead atoms. The summed E-state index contributed by atoms with van der Waals surface area (Å²) in [5.41, 5.74) is -1.06. The Morgan fingerprint density at radius 1 is 1.17 bits per heavy atom. The van der Waals surface area contributed by atoms with Crippen molar-refractivity contribution in [2.24, 2.45) is 0 Å². The summed E-state index contributed by atoms with van der Waals surface area (Å²) in [4.78, 5) is 50.5. The number of aliphatic carboxylic acids is 2. The standard InChI is InChI=1S/C31H44N6O13S4/c1-5-32-22-12-18(2)53(44,45)30-21(22)14-26(51-30)54(46,47)36-23(38)6-7-25(41)50-20(16-33-31(3,4)15-19(29(42)43)13-24(39)40)17-49-28-27(34-52-35-28)37-8-10-48-11-9-37/h13-14,18,20,22,32-33H,5-12,15-17H2,1-4H3,(H,36,38)(H,39,40)(H,42,43)/b19-13-/t18-,20-,22-/m0/s1. The van der Waals surface area contributed by atoms with Crippen molar-refractivity contribution >= 4 is 72.6 Å². The lowest BCUT2D eigenvalue weighted by Crippen LogP contribution is -2.46. The van der Waals surface area contributed by atoms with E-state index in [2.05, 4.69) is 19.4 Å². The van der Waals surface area contributed by atoms with Gasteiger partial charge in [-0.25, -0.2) is 31.1 Å². The lowest BCUT2D eigenvalue weighted by molar-refractivity contribution is -0.151. The van der Waals surface area contributed by atoms with Crippen LogP contribution in [-0.2, 0) is 48.5 Å². The number of amides is 1. The maximum Gasteiger partial charge on any atom is 0.331 e. The number of esters is 1. The molecule has 54 heavy (non-hydrogen) atoms. The van der Waals surface area contributed by atoms with E-state index in [-0.39, 0.29) is 51.9 Å². The molecule has 4 rings (SSSR count). The van der Waals surface area contributed by atoms with Gasteiger partial charge in [0.2, 0.25) is 11.7 Å². The fourth-order valence-corrected chi connectivity index (χ4v) is 11.2. The van der Waals surface area contributed by atoms with E-state index in [1.807, 2.05) is 16.5 Å². The highest BCUT2D eigenvalue weighted by molar-refractivity contribution is 7.95. The number of fused-ring (bicyclic) bond motifs is 1. The number of aromatic nitrogens is 2. The molecule has 0 saturated carbocycles.